The Morgan fingerprint density at radius 3 is 2.11 bits per heavy atom. The van der Waals surface area contributed by atoms with Gasteiger partial charge < -0.3 is 10.2 Å². The van der Waals surface area contributed by atoms with Crippen LogP contribution in [0.2, 0.25) is 0 Å². The molecule has 19 heavy (non-hydrogen) atoms. The molecule has 0 spiro atoms. The van der Waals surface area contributed by atoms with Gasteiger partial charge in [-0.2, -0.15) is 0 Å². The second kappa shape index (κ2) is 7.54. The van der Waals surface area contributed by atoms with Crippen LogP contribution in [0.3, 0.4) is 0 Å². The zero-order valence-corrected chi connectivity index (χ0v) is 13.3. The molecule has 1 aromatic carbocycles. The van der Waals surface area contributed by atoms with E-state index in [-0.39, 0.29) is 5.54 Å². The molecule has 0 unspecified atom stereocenters. The SMILES string of the molecule is CCCN(CCC)c1ccccc1CNC(C)(C)C. The molecule has 0 aromatic heterocycles. The minimum atomic E-state index is 0.160. The number of nitrogens with one attached hydrogen (secondary N) is 1. The second-order valence-electron chi connectivity index (χ2n) is 6.22. The van der Waals surface area contributed by atoms with Crippen molar-refractivity contribution in [3.05, 3.63) is 29.8 Å². The molecule has 0 aliphatic heterocycles. The third-order valence-corrected chi connectivity index (χ3v) is 3.13. The Kier molecular flexibility index (Phi) is 6.36. The van der Waals surface area contributed by atoms with Crippen LogP contribution in [0.1, 0.15) is 53.0 Å². The maximum Gasteiger partial charge on any atom is 0.0411 e. The Bertz CT molecular complexity index is 360. The van der Waals surface area contributed by atoms with Crippen LogP contribution < -0.4 is 10.2 Å². The summed E-state index contributed by atoms with van der Waals surface area (Å²) >= 11 is 0. The highest BCUT2D eigenvalue weighted by Gasteiger charge is 2.13. The van der Waals surface area contributed by atoms with Gasteiger partial charge in [-0.3, -0.25) is 0 Å². The Balaban J connectivity index is 2.86. The van der Waals surface area contributed by atoms with Crippen LogP contribution in [0.15, 0.2) is 24.3 Å². The van der Waals surface area contributed by atoms with Gasteiger partial charge in [0.2, 0.25) is 0 Å². The quantitative estimate of drug-likeness (QED) is 0.792. The van der Waals surface area contributed by atoms with E-state index in [2.05, 4.69) is 69.1 Å². The van der Waals surface area contributed by atoms with Gasteiger partial charge in [0, 0.05) is 30.9 Å². The molecule has 1 N–H and O–H groups in total. The van der Waals surface area contributed by atoms with Crippen molar-refractivity contribution in [3.63, 3.8) is 0 Å². The van der Waals surface area contributed by atoms with Crippen LogP contribution in [-0.4, -0.2) is 18.6 Å². The molecule has 0 bridgehead atoms. The highest BCUT2D eigenvalue weighted by atomic mass is 15.1. The number of benzene rings is 1. The number of anilines is 1. The molecule has 1 rings (SSSR count). The molecule has 1 aromatic rings. The van der Waals surface area contributed by atoms with E-state index in [1.807, 2.05) is 0 Å². The Morgan fingerprint density at radius 1 is 1.00 bits per heavy atom. The minimum Gasteiger partial charge on any atom is -0.371 e. The lowest BCUT2D eigenvalue weighted by Gasteiger charge is -2.28. The lowest BCUT2D eigenvalue weighted by molar-refractivity contribution is 0.424. The van der Waals surface area contributed by atoms with E-state index < -0.39 is 0 Å². The summed E-state index contributed by atoms with van der Waals surface area (Å²) in [6.07, 6.45) is 2.39. The standard InChI is InChI=1S/C17H30N2/c1-6-12-19(13-7-2)16-11-9-8-10-15(16)14-18-17(3,4)5/h8-11,18H,6-7,12-14H2,1-5H3. The zero-order valence-electron chi connectivity index (χ0n) is 13.3. The fourth-order valence-electron chi connectivity index (χ4n) is 2.22. The van der Waals surface area contributed by atoms with Crippen molar-refractivity contribution in [2.45, 2.75) is 59.5 Å². The summed E-state index contributed by atoms with van der Waals surface area (Å²) < 4.78 is 0. The number of nitrogens with zero attached hydrogens (tertiary/aromatic N) is 1. The normalized spacial score (nSPS) is 11.6. The average Bonchev–Trinajstić information content (AvgIpc) is 2.36. The molecular weight excluding hydrogens is 232 g/mol. The fourth-order valence-corrected chi connectivity index (χ4v) is 2.22. The van der Waals surface area contributed by atoms with Crippen LogP contribution >= 0.6 is 0 Å². The van der Waals surface area contributed by atoms with E-state index in [0.29, 0.717) is 0 Å². The van der Waals surface area contributed by atoms with Crippen molar-refractivity contribution in [2.24, 2.45) is 0 Å². The van der Waals surface area contributed by atoms with Crippen molar-refractivity contribution in [2.75, 3.05) is 18.0 Å². The van der Waals surface area contributed by atoms with Gasteiger partial charge in [-0.15, -0.1) is 0 Å². The van der Waals surface area contributed by atoms with Crippen molar-refractivity contribution in [1.29, 1.82) is 0 Å². The van der Waals surface area contributed by atoms with Crippen LogP contribution in [-0.2, 0) is 6.54 Å². The third kappa shape index (κ3) is 5.65. The molecule has 0 saturated carbocycles. The van der Waals surface area contributed by atoms with Crippen LogP contribution in [0, 0.1) is 0 Å². The first-order valence-corrected chi connectivity index (χ1v) is 7.55. The molecule has 0 fully saturated rings. The van der Waals surface area contributed by atoms with Crippen LogP contribution in [0.5, 0.6) is 0 Å². The van der Waals surface area contributed by atoms with Crippen molar-refractivity contribution < 1.29 is 0 Å². The number of para-hydroxylation sites is 1. The summed E-state index contributed by atoms with van der Waals surface area (Å²) in [4.78, 5) is 2.51. The second-order valence-corrected chi connectivity index (χ2v) is 6.22. The van der Waals surface area contributed by atoms with Crippen molar-refractivity contribution in [3.8, 4) is 0 Å². The molecule has 0 amide bonds. The largest absolute Gasteiger partial charge is 0.371 e. The molecule has 2 heteroatoms. The molecule has 0 radical (unpaired) electrons. The number of hydrogen-bond acceptors (Lipinski definition) is 2. The highest BCUT2D eigenvalue weighted by molar-refractivity contribution is 5.53. The topological polar surface area (TPSA) is 15.3 Å². The lowest BCUT2D eigenvalue weighted by atomic mass is 10.1. The molecular formula is C17H30N2. The van der Waals surface area contributed by atoms with Crippen LogP contribution in [0.4, 0.5) is 5.69 Å². The first kappa shape index (κ1) is 16.0. The molecule has 0 heterocycles. The van der Waals surface area contributed by atoms with Gasteiger partial charge in [-0.25, -0.2) is 0 Å². The van der Waals surface area contributed by atoms with Gasteiger partial charge in [0.15, 0.2) is 0 Å². The summed E-state index contributed by atoms with van der Waals surface area (Å²) in [5, 5.41) is 3.59. The molecule has 2 nitrogen and oxygen atoms in total. The van der Waals surface area contributed by atoms with E-state index in [4.69, 9.17) is 0 Å². The van der Waals surface area contributed by atoms with Gasteiger partial charge in [0.25, 0.3) is 0 Å². The lowest BCUT2D eigenvalue weighted by Crippen LogP contribution is -2.36. The van der Waals surface area contributed by atoms with Gasteiger partial charge in [-0.1, -0.05) is 32.0 Å². The monoisotopic (exact) mass is 262 g/mol. The summed E-state index contributed by atoms with van der Waals surface area (Å²) in [5.74, 6) is 0. The van der Waals surface area contributed by atoms with E-state index in [0.717, 1.165) is 19.6 Å². The van der Waals surface area contributed by atoms with Gasteiger partial charge in [0.1, 0.15) is 0 Å². The molecule has 0 aliphatic carbocycles. The summed E-state index contributed by atoms with van der Waals surface area (Å²) in [6, 6.07) is 8.78. The van der Waals surface area contributed by atoms with Crippen molar-refractivity contribution >= 4 is 5.69 Å². The Hall–Kier alpha value is -1.02. The van der Waals surface area contributed by atoms with E-state index in [1.54, 1.807) is 0 Å². The predicted octanol–water partition coefficient (Wildman–Crippen LogP) is 4.20. The maximum atomic E-state index is 3.59. The van der Waals surface area contributed by atoms with Crippen LogP contribution in [0.25, 0.3) is 0 Å². The smallest absolute Gasteiger partial charge is 0.0411 e. The number of hydrogen-bond donors (Lipinski definition) is 1. The van der Waals surface area contributed by atoms with E-state index in [9.17, 15) is 0 Å². The summed E-state index contributed by atoms with van der Waals surface area (Å²) in [6.45, 7) is 14.4. The first-order valence-electron chi connectivity index (χ1n) is 7.55. The molecule has 0 aliphatic rings. The third-order valence-electron chi connectivity index (χ3n) is 3.13. The van der Waals surface area contributed by atoms with E-state index in [1.165, 1.54) is 24.1 Å². The molecule has 0 atom stereocenters. The Morgan fingerprint density at radius 2 is 1.58 bits per heavy atom. The highest BCUT2D eigenvalue weighted by Crippen LogP contribution is 2.21. The first-order chi connectivity index (χ1) is 8.98. The van der Waals surface area contributed by atoms with Gasteiger partial charge >= 0.3 is 0 Å². The predicted molar refractivity (Wildman–Crippen MR) is 85.8 cm³/mol. The van der Waals surface area contributed by atoms with Gasteiger partial charge in [0.05, 0.1) is 0 Å². The summed E-state index contributed by atoms with van der Waals surface area (Å²) in [5.41, 5.74) is 2.95. The zero-order chi connectivity index (χ0) is 14.3. The Labute approximate surface area is 119 Å². The minimum absolute atomic E-state index is 0.160. The van der Waals surface area contributed by atoms with Crippen molar-refractivity contribution in [1.82, 2.24) is 5.32 Å². The number of rotatable bonds is 7. The molecule has 0 saturated heterocycles. The summed E-state index contributed by atoms with van der Waals surface area (Å²) in [7, 11) is 0. The maximum absolute atomic E-state index is 3.59. The average molecular weight is 262 g/mol. The fraction of sp³-hybridized carbons (Fsp3) is 0.647. The van der Waals surface area contributed by atoms with Gasteiger partial charge in [-0.05, 0) is 45.2 Å². The van der Waals surface area contributed by atoms with E-state index >= 15 is 0 Å². The molecule has 108 valence electrons.